The third kappa shape index (κ3) is 2.67. The van der Waals surface area contributed by atoms with Crippen LogP contribution in [-0.2, 0) is 14.8 Å². The molecule has 94 valence electrons. The number of primary amides is 1. The zero-order valence-electron chi connectivity index (χ0n) is 9.13. The average molecular weight is 274 g/mol. The molecule has 1 aromatic rings. The number of carbonyl (C=O) groups is 1. The fourth-order valence-electron chi connectivity index (χ4n) is 2.12. The van der Waals surface area contributed by atoms with Gasteiger partial charge >= 0.3 is 0 Å². The summed E-state index contributed by atoms with van der Waals surface area (Å²) >= 11 is 1.16. The average Bonchev–Trinajstić information content (AvgIpc) is 2.85. The van der Waals surface area contributed by atoms with Crippen LogP contribution in [0.3, 0.4) is 0 Å². The Morgan fingerprint density at radius 3 is 2.82 bits per heavy atom. The van der Waals surface area contributed by atoms with E-state index in [-0.39, 0.29) is 16.2 Å². The lowest BCUT2D eigenvalue weighted by Gasteiger charge is -2.17. The molecular formula is C10H14N2O3S2. The van der Waals surface area contributed by atoms with Gasteiger partial charge in [-0.25, -0.2) is 13.1 Å². The monoisotopic (exact) mass is 274 g/mol. The van der Waals surface area contributed by atoms with Crippen molar-refractivity contribution < 1.29 is 13.2 Å². The molecule has 2 rings (SSSR count). The molecule has 0 aromatic carbocycles. The summed E-state index contributed by atoms with van der Waals surface area (Å²) in [5.74, 6) is -0.814. The smallest absolute Gasteiger partial charge is 0.250 e. The van der Waals surface area contributed by atoms with Crippen molar-refractivity contribution in [1.82, 2.24) is 4.72 Å². The number of amides is 1. The van der Waals surface area contributed by atoms with Crippen molar-refractivity contribution in [2.45, 2.75) is 29.5 Å². The highest BCUT2D eigenvalue weighted by molar-refractivity contribution is 7.91. The molecule has 0 aliphatic heterocycles. The van der Waals surface area contributed by atoms with Crippen LogP contribution in [0.5, 0.6) is 0 Å². The van der Waals surface area contributed by atoms with E-state index in [9.17, 15) is 13.2 Å². The van der Waals surface area contributed by atoms with Gasteiger partial charge in [-0.2, -0.15) is 0 Å². The Bertz CT molecular complexity index is 496. The highest BCUT2D eigenvalue weighted by Gasteiger charge is 2.34. The van der Waals surface area contributed by atoms with E-state index in [0.29, 0.717) is 12.8 Å². The van der Waals surface area contributed by atoms with E-state index in [0.717, 1.165) is 17.8 Å². The van der Waals surface area contributed by atoms with E-state index < -0.39 is 15.9 Å². The van der Waals surface area contributed by atoms with Crippen molar-refractivity contribution in [1.29, 1.82) is 0 Å². The summed E-state index contributed by atoms with van der Waals surface area (Å²) in [4.78, 5) is 11.2. The van der Waals surface area contributed by atoms with Crippen LogP contribution < -0.4 is 10.5 Å². The van der Waals surface area contributed by atoms with Crippen LogP contribution in [0.1, 0.15) is 19.3 Å². The zero-order valence-corrected chi connectivity index (χ0v) is 10.8. The molecule has 0 unspecified atom stereocenters. The second kappa shape index (κ2) is 4.75. The Morgan fingerprint density at radius 1 is 1.47 bits per heavy atom. The second-order valence-electron chi connectivity index (χ2n) is 4.10. The Hall–Kier alpha value is -0.920. The van der Waals surface area contributed by atoms with Gasteiger partial charge < -0.3 is 5.73 Å². The number of nitrogens with two attached hydrogens (primary N) is 1. The van der Waals surface area contributed by atoms with E-state index in [1.54, 1.807) is 17.5 Å². The fourth-order valence-corrected chi connectivity index (χ4v) is 4.44. The lowest BCUT2D eigenvalue weighted by Crippen LogP contribution is -2.42. The third-order valence-corrected chi connectivity index (χ3v) is 5.84. The van der Waals surface area contributed by atoms with Crippen molar-refractivity contribution in [2.75, 3.05) is 0 Å². The number of nitrogens with one attached hydrogen (secondary N) is 1. The first-order valence-electron chi connectivity index (χ1n) is 5.36. The fraction of sp³-hybridized carbons (Fsp3) is 0.500. The van der Waals surface area contributed by atoms with Gasteiger partial charge in [0.1, 0.15) is 4.21 Å². The van der Waals surface area contributed by atoms with Gasteiger partial charge in [-0.3, -0.25) is 4.79 Å². The van der Waals surface area contributed by atoms with Crippen molar-refractivity contribution >= 4 is 27.3 Å². The van der Waals surface area contributed by atoms with Gasteiger partial charge in [0.15, 0.2) is 0 Å². The van der Waals surface area contributed by atoms with Gasteiger partial charge in [0.25, 0.3) is 0 Å². The van der Waals surface area contributed by atoms with Crippen LogP contribution in [0.25, 0.3) is 0 Å². The molecule has 0 radical (unpaired) electrons. The molecule has 1 aliphatic rings. The van der Waals surface area contributed by atoms with E-state index >= 15 is 0 Å². The maximum Gasteiger partial charge on any atom is 0.250 e. The Kier molecular flexibility index (Phi) is 3.50. The summed E-state index contributed by atoms with van der Waals surface area (Å²) in [5, 5.41) is 1.70. The first-order chi connectivity index (χ1) is 8.00. The SMILES string of the molecule is NC(=O)[C@@H]1CCC[C@H]1NS(=O)(=O)c1cccs1. The largest absolute Gasteiger partial charge is 0.369 e. The number of sulfonamides is 1. The lowest BCUT2D eigenvalue weighted by molar-refractivity contribution is -0.122. The summed E-state index contributed by atoms with van der Waals surface area (Å²) in [5.41, 5.74) is 5.25. The number of hydrogen-bond acceptors (Lipinski definition) is 4. The summed E-state index contributed by atoms with van der Waals surface area (Å²) < 4.78 is 26.8. The number of rotatable bonds is 4. The molecule has 5 nitrogen and oxygen atoms in total. The minimum atomic E-state index is -3.51. The molecule has 7 heteroatoms. The Labute approximate surface area is 104 Å². The Balaban J connectivity index is 2.14. The van der Waals surface area contributed by atoms with Crippen molar-refractivity contribution in [3.63, 3.8) is 0 Å². The van der Waals surface area contributed by atoms with Gasteiger partial charge in [0, 0.05) is 6.04 Å². The van der Waals surface area contributed by atoms with Crippen LogP contribution in [0.4, 0.5) is 0 Å². The van der Waals surface area contributed by atoms with Crippen LogP contribution in [0.15, 0.2) is 21.7 Å². The maximum absolute atomic E-state index is 12.0. The standard InChI is InChI=1S/C10H14N2O3S2/c11-10(13)7-3-1-4-8(7)12-17(14,15)9-5-2-6-16-9/h2,5-8,12H,1,3-4H2,(H2,11,13)/t7-,8-/m1/s1. The molecular weight excluding hydrogens is 260 g/mol. The predicted molar refractivity (Wildman–Crippen MR) is 65.0 cm³/mol. The van der Waals surface area contributed by atoms with Gasteiger partial charge in [-0.1, -0.05) is 12.5 Å². The van der Waals surface area contributed by atoms with Gasteiger partial charge in [-0.05, 0) is 24.3 Å². The van der Waals surface area contributed by atoms with E-state index in [4.69, 9.17) is 5.73 Å². The Morgan fingerprint density at radius 2 is 2.24 bits per heavy atom. The first-order valence-corrected chi connectivity index (χ1v) is 7.72. The molecule has 1 aliphatic carbocycles. The van der Waals surface area contributed by atoms with Crippen molar-refractivity contribution in [3.8, 4) is 0 Å². The summed E-state index contributed by atoms with van der Waals surface area (Å²) in [6, 6.07) is 2.86. The van der Waals surface area contributed by atoms with Gasteiger partial charge in [0.05, 0.1) is 5.92 Å². The van der Waals surface area contributed by atoms with Gasteiger partial charge in [0.2, 0.25) is 15.9 Å². The minimum absolute atomic E-state index is 0.271. The number of hydrogen-bond donors (Lipinski definition) is 2. The van der Waals surface area contributed by atoms with E-state index in [2.05, 4.69) is 4.72 Å². The van der Waals surface area contributed by atoms with E-state index in [1.807, 2.05) is 0 Å². The third-order valence-electron chi connectivity index (χ3n) is 2.95. The molecule has 3 N–H and O–H groups in total. The van der Waals surface area contributed by atoms with Crippen LogP contribution >= 0.6 is 11.3 Å². The summed E-state index contributed by atoms with van der Waals surface area (Å²) in [6.45, 7) is 0. The number of thiophene rings is 1. The van der Waals surface area contributed by atoms with Gasteiger partial charge in [-0.15, -0.1) is 11.3 Å². The molecule has 1 amide bonds. The first kappa shape index (κ1) is 12.5. The highest BCUT2D eigenvalue weighted by atomic mass is 32.2. The normalized spacial score (nSPS) is 24.9. The van der Waals surface area contributed by atoms with Crippen molar-refractivity contribution in [3.05, 3.63) is 17.5 Å². The molecule has 1 aromatic heterocycles. The van der Waals surface area contributed by atoms with Crippen LogP contribution in [0, 0.1) is 5.92 Å². The predicted octanol–water partition coefficient (Wildman–Crippen LogP) is 0.680. The molecule has 0 saturated heterocycles. The highest BCUT2D eigenvalue weighted by Crippen LogP contribution is 2.27. The molecule has 2 atom stereocenters. The minimum Gasteiger partial charge on any atom is -0.369 e. The second-order valence-corrected chi connectivity index (χ2v) is 6.99. The lowest BCUT2D eigenvalue weighted by atomic mass is 10.0. The van der Waals surface area contributed by atoms with Crippen LogP contribution in [0.2, 0.25) is 0 Å². The molecule has 1 saturated carbocycles. The molecule has 1 heterocycles. The molecule has 0 bridgehead atoms. The maximum atomic E-state index is 12.0. The molecule has 0 spiro atoms. The quantitative estimate of drug-likeness (QED) is 0.846. The number of carbonyl (C=O) groups excluding carboxylic acids is 1. The zero-order chi connectivity index (χ0) is 12.5. The van der Waals surface area contributed by atoms with E-state index in [1.165, 1.54) is 0 Å². The topological polar surface area (TPSA) is 89.3 Å². The van der Waals surface area contributed by atoms with Crippen molar-refractivity contribution in [2.24, 2.45) is 11.7 Å². The molecule has 17 heavy (non-hydrogen) atoms. The van der Waals surface area contributed by atoms with Crippen LogP contribution in [-0.4, -0.2) is 20.4 Å². The summed E-state index contributed by atoms with van der Waals surface area (Å²) in [7, 11) is -3.51. The molecule has 1 fully saturated rings. The summed E-state index contributed by atoms with van der Waals surface area (Å²) in [6.07, 6.45) is 2.15.